The van der Waals surface area contributed by atoms with Crippen LogP contribution < -0.4 is 27.7 Å². The second-order valence-electron chi connectivity index (χ2n) is 6.67. The number of rotatable bonds is 10. The predicted octanol–water partition coefficient (Wildman–Crippen LogP) is -0.799. The Morgan fingerprint density at radius 3 is 2.45 bits per heavy atom. The lowest BCUT2D eigenvalue weighted by atomic mass is 10.1. The third-order valence-electron chi connectivity index (χ3n) is 4.28. The molecular formula is C19H21N7O7. The number of nitrogens with two attached hydrogens (primary N) is 2. The molecule has 0 saturated carbocycles. The molecule has 0 aliphatic heterocycles. The number of aromatic amines is 1. The lowest BCUT2D eigenvalue weighted by Gasteiger charge is -2.14. The summed E-state index contributed by atoms with van der Waals surface area (Å²) in [6, 6.07) is 1.12. The molecule has 0 spiro atoms. The van der Waals surface area contributed by atoms with E-state index in [1.165, 1.54) is 18.2 Å². The molecule has 14 nitrogen and oxygen atoms in total. The van der Waals surface area contributed by atoms with Crippen LogP contribution in [0, 0.1) is 0 Å². The zero-order valence-corrected chi connectivity index (χ0v) is 17.1. The Morgan fingerprint density at radius 2 is 1.88 bits per heavy atom. The van der Waals surface area contributed by atoms with Crippen LogP contribution in [0.25, 0.3) is 6.08 Å². The van der Waals surface area contributed by atoms with Crippen LogP contribution in [0.3, 0.4) is 0 Å². The van der Waals surface area contributed by atoms with Crippen molar-refractivity contribution in [3.05, 3.63) is 46.0 Å². The predicted molar refractivity (Wildman–Crippen MR) is 116 cm³/mol. The molecule has 0 aromatic carbocycles. The second kappa shape index (κ2) is 10.5. The first-order valence-electron chi connectivity index (χ1n) is 9.34. The van der Waals surface area contributed by atoms with E-state index in [4.69, 9.17) is 21.7 Å². The summed E-state index contributed by atoms with van der Waals surface area (Å²) in [7, 11) is 0. The molecule has 0 aliphatic rings. The van der Waals surface area contributed by atoms with Gasteiger partial charge in [0.25, 0.3) is 11.5 Å². The van der Waals surface area contributed by atoms with Crippen molar-refractivity contribution in [3.8, 4) is 0 Å². The maximum atomic E-state index is 12.4. The number of hydrogen-bond donors (Lipinski definition) is 7. The minimum atomic E-state index is -1.43. The number of carbonyl (C=O) groups is 4. The van der Waals surface area contributed by atoms with Crippen LogP contribution >= 0.6 is 0 Å². The van der Waals surface area contributed by atoms with Crippen molar-refractivity contribution in [1.29, 1.82) is 0 Å². The largest absolute Gasteiger partial charge is 0.481 e. The van der Waals surface area contributed by atoms with Crippen LogP contribution in [-0.4, -0.2) is 55.0 Å². The van der Waals surface area contributed by atoms with E-state index >= 15 is 0 Å². The molecule has 0 aliphatic carbocycles. The third-order valence-corrected chi connectivity index (χ3v) is 4.28. The number of pyridine rings is 1. The van der Waals surface area contributed by atoms with Crippen LogP contribution in [0.2, 0.25) is 0 Å². The van der Waals surface area contributed by atoms with Gasteiger partial charge in [-0.2, -0.15) is 4.98 Å². The highest BCUT2D eigenvalue weighted by Crippen LogP contribution is 2.17. The van der Waals surface area contributed by atoms with E-state index in [1.54, 1.807) is 0 Å². The average molecular weight is 459 g/mol. The Hall–Kier alpha value is -4.75. The van der Waals surface area contributed by atoms with Gasteiger partial charge < -0.3 is 32.3 Å². The number of nitrogen functional groups attached to an aromatic ring is 2. The van der Waals surface area contributed by atoms with Crippen LogP contribution in [0.5, 0.6) is 0 Å². The van der Waals surface area contributed by atoms with Crippen LogP contribution in [0.4, 0.5) is 17.5 Å². The number of amides is 2. The molecule has 0 bridgehead atoms. The number of nitrogens with zero attached hydrogens (tertiary/aromatic N) is 2. The van der Waals surface area contributed by atoms with Crippen molar-refractivity contribution in [1.82, 2.24) is 20.3 Å². The normalized spacial score (nSPS) is 11.3. The summed E-state index contributed by atoms with van der Waals surface area (Å²) in [5.41, 5.74) is 10.3. The molecular weight excluding hydrogens is 438 g/mol. The number of anilines is 3. The monoisotopic (exact) mass is 459 g/mol. The molecule has 2 amide bonds. The van der Waals surface area contributed by atoms with E-state index in [-0.39, 0.29) is 40.8 Å². The summed E-state index contributed by atoms with van der Waals surface area (Å²) in [5.74, 6) is -4.50. The highest BCUT2D eigenvalue weighted by Gasteiger charge is 2.23. The molecule has 2 aromatic heterocycles. The van der Waals surface area contributed by atoms with Gasteiger partial charge in [-0.05, 0) is 24.6 Å². The van der Waals surface area contributed by atoms with Gasteiger partial charge in [0, 0.05) is 6.42 Å². The van der Waals surface area contributed by atoms with Gasteiger partial charge in [0.05, 0.1) is 23.4 Å². The van der Waals surface area contributed by atoms with Gasteiger partial charge in [-0.25, -0.2) is 9.78 Å². The minimum absolute atomic E-state index is 0.0886. The second-order valence-corrected chi connectivity index (χ2v) is 6.67. The van der Waals surface area contributed by atoms with Crippen molar-refractivity contribution in [2.75, 3.05) is 16.8 Å². The summed E-state index contributed by atoms with van der Waals surface area (Å²) in [4.78, 5) is 68.5. The number of carbonyl (C=O) groups excluding carboxylic acids is 2. The van der Waals surface area contributed by atoms with Crippen LogP contribution in [0.15, 0.2) is 23.5 Å². The Kier molecular flexibility index (Phi) is 7.82. The highest BCUT2D eigenvalue weighted by molar-refractivity contribution is 5.97. The average Bonchev–Trinajstić information content (AvgIpc) is 2.73. The van der Waals surface area contributed by atoms with Crippen molar-refractivity contribution >= 4 is 47.3 Å². The smallest absolute Gasteiger partial charge is 0.326 e. The first-order valence-corrected chi connectivity index (χ1v) is 9.34. The zero-order chi connectivity index (χ0) is 24.7. The molecule has 1 atom stereocenters. The summed E-state index contributed by atoms with van der Waals surface area (Å²) in [6.07, 6.45) is 0.0557. The summed E-state index contributed by atoms with van der Waals surface area (Å²) in [5, 5.41) is 22.6. The fourth-order valence-corrected chi connectivity index (χ4v) is 2.68. The number of nitrogens with one attached hydrogen (secondary N) is 3. The Labute approximate surface area is 185 Å². The van der Waals surface area contributed by atoms with E-state index < -0.39 is 48.2 Å². The Morgan fingerprint density at radius 1 is 1.18 bits per heavy atom. The lowest BCUT2D eigenvalue weighted by Crippen LogP contribution is -2.41. The number of H-pyrrole nitrogens is 1. The number of aliphatic carboxylic acids is 2. The third kappa shape index (κ3) is 6.61. The number of carboxylic acids is 2. The summed E-state index contributed by atoms with van der Waals surface area (Å²) >= 11 is 0. The number of carboxylic acid groups (broad SMARTS) is 2. The zero-order valence-electron chi connectivity index (χ0n) is 17.1. The topological polar surface area (TPSA) is 243 Å². The Balaban J connectivity index is 2.15. The van der Waals surface area contributed by atoms with Gasteiger partial charge in [-0.15, -0.1) is 0 Å². The van der Waals surface area contributed by atoms with Crippen molar-refractivity contribution in [2.45, 2.75) is 25.3 Å². The first-order chi connectivity index (χ1) is 15.5. The quantitative estimate of drug-likeness (QED) is 0.232. The van der Waals surface area contributed by atoms with Crippen LogP contribution in [0.1, 0.15) is 34.6 Å². The standard InChI is InChI=1S/C19H21N7O7/c1-2-9-10(23-13(27)7-8-15(20)25-19(21)26-16(8)30)3-4-11(22-9)17(31)24-12(18(32)33)5-6-14(28)29/h2-4,12H,1,5-7H2,(H,23,27)(H,24,31)(H,28,29)(H,32,33)(H5,20,21,25,26,30). The van der Waals surface area contributed by atoms with Crippen molar-refractivity contribution in [2.24, 2.45) is 0 Å². The Bertz CT molecular complexity index is 1180. The van der Waals surface area contributed by atoms with E-state index in [0.717, 1.165) is 0 Å². The van der Waals surface area contributed by atoms with E-state index in [0.29, 0.717) is 0 Å². The van der Waals surface area contributed by atoms with Crippen molar-refractivity contribution in [3.63, 3.8) is 0 Å². The molecule has 2 heterocycles. The first kappa shape index (κ1) is 24.5. The minimum Gasteiger partial charge on any atom is -0.481 e. The van der Waals surface area contributed by atoms with Gasteiger partial charge in [-0.1, -0.05) is 6.58 Å². The molecule has 2 aromatic rings. The SMILES string of the molecule is C=Cc1nc(C(=O)NC(CCC(=O)O)C(=O)O)ccc1NC(=O)Cc1c(N)nc(N)[nH]c1=O. The summed E-state index contributed by atoms with van der Waals surface area (Å²) in [6.45, 7) is 3.56. The van der Waals surface area contributed by atoms with Gasteiger partial charge in [0.15, 0.2) is 0 Å². The maximum Gasteiger partial charge on any atom is 0.326 e. The fraction of sp³-hybridized carbons (Fsp3) is 0.211. The molecule has 1 unspecified atom stereocenters. The van der Waals surface area contributed by atoms with Crippen molar-refractivity contribution < 1.29 is 29.4 Å². The molecule has 9 N–H and O–H groups in total. The van der Waals surface area contributed by atoms with E-state index in [2.05, 4.69) is 32.2 Å². The fourth-order valence-electron chi connectivity index (χ4n) is 2.68. The lowest BCUT2D eigenvalue weighted by molar-refractivity contribution is -0.140. The molecule has 174 valence electrons. The van der Waals surface area contributed by atoms with Gasteiger partial charge in [0.1, 0.15) is 17.6 Å². The number of hydrogen-bond acceptors (Lipinski definition) is 9. The van der Waals surface area contributed by atoms with Crippen LogP contribution in [-0.2, 0) is 20.8 Å². The molecule has 33 heavy (non-hydrogen) atoms. The molecule has 0 saturated heterocycles. The maximum absolute atomic E-state index is 12.4. The molecule has 14 heteroatoms. The van der Waals surface area contributed by atoms with E-state index in [1.807, 2.05) is 0 Å². The van der Waals surface area contributed by atoms with E-state index in [9.17, 15) is 24.0 Å². The molecule has 0 radical (unpaired) electrons. The molecule has 2 rings (SSSR count). The van der Waals surface area contributed by atoms with Gasteiger partial charge in [0.2, 0.25) is 11.9 Å². The van der Waals surface area contributed by atoms with Gasteiger partial charge >= 0.3 is 11.9 Å². The number of aromatic nitrogens is 3. The highest BCUT2D eigenvalue weighted by atomic mass is 16.4. The summed E-state index contributed by atoms with van der Waals surface area (Å²) < 4.78 is 0. The molecule has 0 fully saturated rings. The van der Waals surface area contributed by atoms with Gasteiger partial charge in [-0.3, -0.25) is 24.2 Å².